The van der Waals surface area contributed by atoms with E-state index in [1.54, 1.807) is 25.1 Å². The van der Waals surface area contributed by atoms with Crippen LogP contribution in [0.2, 0.25) is 0 Å². The molecule has 1 aliphatic heterocycles. The summed E-state index contributed by atoms with van der Waals surface area (Å²) in [4.78, 5) is 27.2. The van der Waals surface area contributed by atoms with Gasteiger partial charge in [-0.25, -0.2) is 4.79 Å². The van der Waals surface area contributed by atoms with E-state index in [1.165, 1.54) is 10.1 Å². The van der Waals surface area contributed by atoms with E-state index in [9.17, 15) is 9.59 Å². The third-order valence-corrected chi connectivity index (χ3v) is 5.26. The van der Waals surface area contributed by atoms with Crippen molar-refractivity contribution < 1.29 is 13.9 Å². The highest BCUT2D eigenvalue weighted by Gasteiger charge is 2.24. The summed E-state index contributed by atoms with van der Waals surface area (Å²) in [7, 11) is 0. The normalized spacial score (nSPS) is 18.6. The van der Waals surface area contributed by atoms with Crippen LogP contribution in [0.3, 0.4) is 0 Å². The van der Waals surface area contributed by atoms with Gasteiger partial charge < -0.3 is 14.5 Å². The Kier molecular flexibility index (Phi) is 5.78. The van der Waals surface area contributed by atoms with E-state index in [0.29, 0.717) is 24.3 Å². The molecule has 0 spiro atoms. The summed E-state index contributed by atoms with van der Waals surface area (Å²) in [5.74, 6) is -0.765. The molecule has 4 rings (SSSR count). The molecular formula is C22H25N3O4. The second kappa shape index (κ2) is 8.63. The van der Waals surface area contributed by atoms with Crippen LogP contribution in [0.25, 0.3) is 11.1 Å². The third kappa shape index (κ3) is 4.41. The molecule has 29 heavy (non-hydrogen) atoms. The minimum atomic E-state index is -0.671. The van der Waals surface area contributed by atoms with E-state index in [1.807, 2.05) is 24.3 Å². The largest absolute Gasteiger partial charge is 0.420 e. The standard InChI is InChI=1S/C22H25N3O4/c1-16(25-19-9-5-6-10-20(19)29-22(25)27)21(26)23-13-18-15-24(11-12-28-18)14-17-7-3-2-4-8-17/h2-10,16,18H,11-15H2,1H3,(H,23,26)/t16-,18-/m0/s1. The molecule has 1 aliphatic rings. The highest BCUT2D eigenvalue weighted by atomic mass is 16.5. The van der Waals surface area contributed by atoms with E-state index >= 15 is 0 Å². The molecule has 2 aromatic carbocycles. The number of aromatic nitrogens is 1. The third-order valence-electron chi connectivity index (χ3n) is 5.26. The number of para-hydroxylation sites is 2. The Hall–Kier alpha value is -2.90. The van der Waals surface area contributed by atoms with Crippen LogP contribution in [0.4, 0.5) is 0 Å². The predicted octanol–water partition coefficient (Wildman–Crippen LogP) is 2.17. The quantitative estimate of drug-likeness (QED) is 0.692. The Morgan fingerprint density at radius 2 is 1.93 bits per heavy atom. The second-order valence-corrected chi connectivity index (χ2v) is 7.34. The van der Waals surface area contributed by atoms with E-state index in [4.69, 9.17) is 9.15 Å². The molecule has 0 saturated carbocycles. The lowest BCUT2D eigenvalue weighted by atomic mass is 10.2. The fourth-order valence-corrected chi connectivity index (χ4v) is 3.72. The van der Waals surface area contributed by atoms with Crippen molar-refractivity contribution in [2.24, 2.45) is 0 Å². The van der Waals surface area contributed by atoms with Gasteiger partial charge >= 0.3 is 5.76 Å². The van der Waals surface area contributed by atoms with Gasteiger partial charge in [0.15, 0.2) is 5.58 Å². The highest BCUT2D eigenvalue weighted by molar-refractivity contribution is 5.82. The summed E-state index contributed by atoms with van der Waals surface area (Å²) >= 11 is 0. The number of rotatable bonds is 6. The number of ether oxygens (including phenoxy) is 1. The van der Waals surface area contributed by atoms with Gasteiger partial charge in [-0.3, -0.25) is 14.3 Å². The van der Waals surface area contributed by atoms with Gasteiger partial charge in [-0.15, -0.1) is 0 Å². The highest BCUT2D eigenvalue weighted by Crippen LogP contribution is 2.17. The van der Waals surface area contributed by atoms with Crippen LogP contribution in [0.5, 0.6) is 0 Å². The van der Waals surface area contributed by atoms with Crippen LogP contribution in [0.1, 0.15) is 18.5 Å². The number of benzene rings is 2. The fraction of sp³-hybridized carbons (Fsp3) is 0.364. The lowest BCUT2D eigenvalue weighted by Crippen LogP contribution is -2.48. The number of nitrogens with one attached hydrogen (secondary N) is 1. The maximum Gasteiger partial charge on any atom is 0.420 e. The Morgan fingerprint density at radius 1 is 1.17 bits per heavy atom. The van der Waals surface area contributed by atoms with Crippen LogP contribution < -0.4 is 11.1 Å². The van der Waals surface area contributed by atoms with Gasteiger partial charge in [0.05, 0.1) is 18.2 Å². The van der Waals surface area contributed by atoms with Crippen LogP contribution in [-0.4, -0.2) is 47.7 Å². The summed E-state index contributed by atoms with van der Waals surface area (Å²) in [6.07, 6.45) is -0.0820. The first-order valence-corrected chi connectivity index (χ1v) is 9.87. The van der Waals surface area contributed by atoms with Crippen LogP contribution in [0.15, 0.2) is 63.8 Å². The number of fused-ring (bicyclic) bond motifs is 1. The molecule has 2 heterocycles. The molecular weight excluding hydrogens is 370 g/mol. The van der Waals surface area contributed by atoms with Crippen molar-refractivity contribution in [1.82, 2.24) is 14.8 Å². The predicted molar refractivity (Wildman–Crippen MR) is 110 cm³/mol. The molecule has 2 atom stereocenters. The number of hydrogen-bond donors (Lipinski definition) is 1. The number of carbonyl (C=O) groups excluding carboxylic acids is 1. The molecule has 1 N–H and O–H groups in total. The molecule has 1 saturated heterocycles. The van der Waals surface area contributed by atoms with Crippen molar-refractivity contribution in [2.75, 3.05) is 26.2 Å². The first-order chi connectivity index (χ1) is 14.1. The van der Waals surface area contributed by atoms with E-state index in [2.05, 4.69) is 22.3 Å². The minimum absolute atomic E-state index is 0.0820. The monoisotopic (exact) mass is 395 g/mol. The first kappa shape index (κ1) is 19.4. The van der Waals surface area contributed by atoms with Crippen LogP contribution >= 0.6 is 0 Å². The Labute approximate surface area is 168 Å². The molecule has 7 heteroatoms. The first-order valence-electron chi connectivity index (χ1n) is 9.87. The summed E-state index contributed by atoms with van der Waals surface area (Å²) in [5.41, 5.74) is 2.35. The van der Waals surface area contributed by atoms with Crippen molar-refractivity contribution >= 4 is 17.0 Å². The number of oxazole rings is 1. The zero-order valence-electron chi connectivity index (χ0n) is 16.4. The van der Waals surface area contributed by atoms with Gasteiger partial charge in [-0.2, -0.15) is 0 Å². The van der Waals surface area contributed by atoms with Crippen LogP contribution in [-0.2, 0) is 16.1 Å². The molecule has 1 aromatic heterocycles. The van der Waals surface area contributed by atoms with Crippen molar-refractivity contribution in [2.45, 2.75) is 25.6 Å². The molecule has 1 fully saturated rings. The van der Waals surface area contributed by atoms with Crippen LogP contribution in [0, 0.1) is 0 Å². The van der Waals surface area contributed by atoms with Gasteiger partial charge in [0.25, 0.3) is 0 Å². The molecule has 0 aliphatic carbocycles. The molecule has 152 valence electrons. The summed E-state index contributed by atoms with van der Waals surface area (Å²) in [6.45, 7) is 5.21. The molecule has 1 amide bonds. The van der Waals surface area contributed by atoms with Crippen molar-refractivity contribution in [1.29, 1.82) is 0 Å². The average molecular weight is 395 g/mol. The molecule has 0 bridgehead atoms. The topological polar surface area (TPSA) is 76.7 Å². The van der Waals surface area contributed by atoms with Gasteiger partial charge in [-0.05, 0) is 24.6 Å². The summed E-state index contributed by atoms with van der Waals surface area (Å²) in [5, 5.41) is 2.92. The molecule has 7 nitrogen and oxygen atoms in total. The van der Waals surface area contributed by atoms with E-state index in [0.717, 1.165) is 19.6 Å². The maximum absolute atomic E-state index is 12.7. The maximum atomic E-state index is 12.7. The zero-order valence-corrected chi connectivity index (χ0v) is 16.4. The lowest BCUT2D eigenvalue weighted by Gasteiger charge is -2.33. The lowest BCUT2D eigenvalue weighted by molar-refractivity contribution is -0.125. The summed E-state index contributed by atoms with van der Waals surface area (Å²) in [6, 6.07) is 16.7. The molecule has 0 radical (unpaired) electrons. The smallest absolute Gasteiger partial charge is 0.408 e. The molecule has 0 unspecified atom stereocenters. The molecule has 3 aromatic rings. The number of amides is 1. The van der Waals surface area contributed by atoms with E-state index in [-0.39, 0.29) is 12.0 Å². The van der Waals surface area contributed by atoms with E-state index < -0.39 is 11.8 Å². The SMILES string of the molecule is C[C@@H](C(=O)NC[C@H]1CN(Cc2ccccc2)CCO1)n1c(=O)oc2ccccc21. The zero-order chi connectivity index (χ0) is 20.2. The number of nitrogens with zero attached hydrogens (tertiary/aromatic N) is 2. The van der Waals surface area contributed by atoms with Crippen molar-refractivity contribution in [3.05, 3.63) is 70.7 Å². The Bertz CT molecular complexity index is 1030. The summed E-state index contributed by atoms with van der Waals surface area (Å²) < 4.78 is 12.4. The van der Waals surface area contributed by atoms with Gasteiger partial charge in [0, 0.05) is 26.2 Å². The Balaban J connectivity index is 1.35. The van der Waals surface area contributed by atoms with Gasteiger partial charge in [0.2, 0.25) is 5.91 Å². The van der Waals surface area contributed by atoms with Gasteiger partial charge in [0.1, 0.15) is 6.04 Å². The number of hydrogen-bond acceptors (Lipinski definition) is 5. The number of carbonyl (C=O) groups is 1. The minimum Gasteiger partial charge on any atom is -0.408 e. The second-order valence-electron chi connectivity index (χ2n) is 7.34. The van der Waals surface area contributed by atoms with Crippen molar-refractivity contribution in [3.8, 4) is 0 Å². The Morgan fingerprint density at radius 3 is 2.76 bits per heavy atom. The van der Waals surface area contributed by atoms with Crippen molar-refractivity contribution in [3.63, 3.8) is 0 Å². The average Bonchev–Trinajstić information content (AvgIpc) is 3.08. The van der Waals surface area contributed by atoms with Gasteiger partial charge in [-0.1, -0.05) is 42.5 Å². The number of morpholine rings is 1. The fourth-order valence-electron chi connectivity index (χ4n) is 3.72.